The van der Waals surface area contributed by atoms with Crippen LogP contribution in [-0.2, 0) is 29.2 Å². The molecule has 8 nitrogen and oxygen atoms in total. The maximum Gasteiger partial charge on any atom is 0.227 e. The molecule has 2 aliphatic heterocycles. The molecule has 2 saturated heterocycles. The van der Waals surface area contributed by atoms with E-state index in [4.69, 9.17) is 23.7 Å². The Hall–Kier alpha value is -2.16. The fourth-order valence-electron chi connectivity index (χ4n) is 6.68. The van der Waals surface area contributed by atoms with E-state index in [0.29, 0.717) is 17.9 Å². The van der Waals surface area contributed by atoms with Gasteiger partial charge in [0.2, 0.25) is 11.7 Å². The average Bonchev–Trinajstić information content (AvgIpc) is 3.17. The molecule has 2 aliphatic carbocycles. The summed E-state index contributed by atoms with van der Waals surface area (Å²) in [7, 11) is 7.91. The molecule has 1 aromatic rings. The lowest BCUT2D eigenvalue weighted by molar-refractivity contribution is -0.308. The van der Waals surface area contributed by atoms with Gasteiger partial charge in [0.1, 0.15) is 5.54 Å². The second kappa shape index (κ2) is 5.71. The zero-order valence-corrected chi connectivity index (χ0v) is 17.2. The van der Waals surface area contributed by atoms with Crippen molar-refractivity contribution in [3.63, 3.8) is 0 Å². The maximum atomic E-state index is 13.3. The molecule has 0 N–H and O–H groups in total. The Kier molecular flexibility index (Phi) is 3.71. The molecule has 5 atom stereocenters. The molecule has 2 heterocycles. The number of fused-ring (bicyclic) bond motifs is 3. The third-order valence-corrected chi connectivity index (χ3v) is 7.62. The summed E-state index contributed by atoms with van der Waals surface area (Å²) >= 11 is 0. The number of likely N-dealkylation sites (N-methyl/N-ethyl adjacent to an activating group) is 1. The first-order valence-corrected chi connectivity index (χ1v) is 9.68. The van der Waals surface area contributed by atoms with Crippen LogP contribution in [0.2, 0.25) is 0 Å². The van der Waals surface area contributed by atoms with Gasteiger partial charge in [-0.1, -0.05) is 6.07 Å². The molecule has 2 unspecified atom stereocenters. The van der Waals surface area contributed by atoms with Gasteiger partial charge in [0.25, 0.3) is 0 Å². The third-order valence-electron chi connectivity index (χ3n) is 7.62. The number of ether oxygens (including phenoxy) is 5. The summed E-state index contributed by atoms with van der Waals surface area (Å²) in [6.07, 6.45) is -0.461. The second-order valence-electron chi connectivity index (χ2n) is 8.28. The number of amides is 1. The van der Waals surface area contributed by atoms with Gasteiger partial charge in [-0.3, -0.25) is 9.59 Å². The van der Waals surface area contributed by atoms with Crippen molar-refractivity contribution in [1.82, 2.24) is 4.90 Å². The van der Waals surface area contributed by atoms with Crippen LogP contribution in [0.25, 0.3) is 0 Å². The van der Waals surface area contributed by atoms with Crippen molar-refractivity contribution < 1.29 is 33.3 Å². The monoisotopic (exact) mass is 403 g/mol. The summed E-state index contributed by atoms with van der Waals surface area (Å²) in [6.45, 7) is 0. The molecule has 0 radical (unpaired) electrons. The SMILES string of the molecule is COc1ccc2c(c1OC)C13CC(=O)[C@H](OC)C4(OC)O[C@H]2C[C@]14N(C)C(=O)C3. The Morgan fingerprint density at radius 3 is 2.48 bits per heavy atom. The predicted octanol–water partition coefficient (Wildman–Crippen LogP) is 1.35. The first-order chi connectivity index (χ1) is 13.9. The molecule has 4 aliphatic rings. The Bertz CT molecular complexity index is 932. The van der Waals surface area contributed by atoms with Gasteiger partial charge in [0.05, 0.1) is 20.3 Å². The van der Waals surface area contributed by atoms with Crippen molar-refractivity contribution in [3.05, 3.63) is 23.3 Å². The van der Waals surface area contributed by atoms with Crippen LogP contribution < -0.4 is 9.47 Å². The van der Waals surface area contributed by atoms with Gasteiger partial charge >= 0.3 is 0 Å². The average molecular weight is 403 g/mol. The summed E-state index contributed by atoms with van der Waals surface area (Å²) < 4.78 is 29.5. The number of carbonyl (C=O) groups is 2. The van der Waals surface area contributed by atoms with Gasteiger partial charge in [0, 0.05) is 51.5 Å². The van der Waals surface area contributed by atoms with E-state index in [0.717, 1.165) is 11.1 Å². The number of hydrogen-bond acceptors (Lipinski definition) is 7. The highest BCUT2D eigenvalue weighted by atomic mass is 16.7. The standard InChI is InChI=1S/C21H25NO7/c1-22-15(24)10-19-8-12(23)18(27-4)21(28-5)20(19,22)9-14(29-21)11-6-7-13(25-2)17(26-3)16(11)19/h6-7,14,18H,8-10H2,1-5H3/t14-,18-,19?,20-,21?/m0/s1. The smallest absolute Gasteiger partial charge is 0.227 e. The Balaban J connectivity index is 1.92. The normalized spacial score (nSPS) is 39.4. The van der Waals surface area contributed by atoms with Gasteiger partial charge in [-0.25, -0.2) is 0 Å². The van der Waals surface area contributed by atoms with Crippen molar-refractivity contribution >= 4 is 11.7 Å². The number of rotatable bonds is 4. The number of Topliss-reactive ketones (excluding diaryl/α,β-unsaturated/α-hetero) is 1. The minimum atomic E-state index is -1.40. The van der Waals surface area contributed by atoms with Crippen molar-refractivity contribution in [2.24, 2.45) is 0 Å². The number of benzene rings is 1. The molecule has 29 heavy (non-hydrogen) atoms. The lowest BCUT2D eigenvalue weighted by Crippen LogP contribution is -2.77. The van der Waals surface area contributed by atoms with E-state index in [1.165, 1.54) is 14.2 Å². The van der Waals surface area contributed by atoms with Crippen molar-refractivity contribution in [2.75, 3.05) is 35.5 Å². The van der Waals surface area contributed by atoms with Gasteiger partial charge in [-0.05, 0) is 11.6 Å². The van der Waals surface area contributed by atoms with E-state index in [-0.39, 0.29) is 30.6 Å². The fraction of sp³-hybridized carbons (Fsp3) is 0.619. The van der Waals surface area contributed by atoms with E-state index >= 15 is 0 Å². The van der Waals surface area contributed by atoms with Crippen LogP contribution in [0.15, 0.2) is 12.1 Å². The molecule has 5 rings (SSSR count). The highest BCUT2D eigenvalue weighted by Gasteiger charge is 2.84. The van der Waals surface area contributed by atoms with Gasteiger partial charge in [-0.15, -0.1) is 0 Å². The number of carbonyl (C=O) groups excluding carboxylic acids is 2. The van der Waals surface area contributed by atoms with Crippen LogP contribution in [0.5, 0.6) is 11.5 Å². The molecular formula is C21H25NO7. The van der Waals surface area contributed by atoms with E-state index in [1.807, 2.05) is 12.1 Å². The molecule has 2 bridgehead atoms. The number of likely N-dealkylation sites (tertiary alicyclic amines) is 1. The highest BCUT2D eigenvalue weighted by Crippen LogP contribution is 2.72. The quantitative estimate of drug-likeness (QED) is 0.750. The zero-order valence-electron chi connectivity index (χ0n) is 17.2. The van der Waals surface area contributed by atoms with Crippen molar-refractivity contribution in [1.29, 1.82) is 0 Å². The summed E-state index contributed by atoms with van der Waals surface area (Å²) in [5, 5.41) is 0. The lowest BCUT2D eigenvalue weighted by Gasteiger charge is -2.58. The highest BCUT2D eigenvalue weighted by molar-refractivity contribution is 5.95. The summed E-state index contributed by atoms with van der Waals surface area (Å²) in [4.78, 5) is 28.2. The maximum absolute atomic E-state index is 13.3. The predicted molar refractivity (Wildman–Crippen MR) is 99.9 cm³/mol. The van der Waals surface area contributed by atoms with Gasteiger partial charge < -0.3 is 28.6 Å². The molecule has 3 fully saturated rings. The van der Waals surface area contributed by atoms with Crippen LogP contribution in [-0.4, -0.2) is 69.5 Å². The summed E-state index contributed by atoms with van der Waals surface area (Å²) in [5.41, 5.74) is -0.0269. The van der Waals surface area contributed by atoms with Crippen molar-refractivity contribution in [2.45, 2.75) is 48.2 Å². The van der Waals surface area contributed by atoms with Crippen molar-refractivity contribution in [3.8, 4) is 11.5 Å². The minimum absolute atomic E-state index is 0.0575. The van der Waals surface area contributed by atoms with Crippen LogP contribution in [0.1, 0.15) is 36.5 Å². The van der Waals surface area contributed by atoms with Gasteiger partial charge in [-0.2, -0.15) is 0 Å². The summed E-state index contributed by atoms with van der Waals surface area (Å²) in [6, 6.07) is 3.78. The van der Waals surface area contributed by atoms with E-state index in [1.54, 1.807) is 26.2 Å². The minimum Gasteiger partial charge on any atom is -0.493 e. The molecule has 8 heteroatoms. The van der Waals surface area contributed by atoms with E-state index in [9.17, 15) is 9.59 Å². The van der Waals surface area contributed by atoms with E-state index < -0.39 is 22.8 Å². The van der Waals surface area contributed by atoms with Crippen LogP contribution in [0, 0.1) is 0 Å². The molecular weight excluding hydrogens is 378 g/mol. The lowest BCUT2D eigenvalue weighted by atomic mass is 9.50. The second-order valence-corrected chi connectivity index (χ2v) is 8.28. The van der Waals surface area contributed by atoms with E-state index in [2.05, 4.69) is 0 Å². The third kappa shape index (κ3) is 1.74. The molecule has 1 amide bonds. The number of hydrogen-bond donors (Lipinski definition) is 0. The number of nitrogens with zero attached hydrogens (tertiary/aromatic N) is 1. The number of ketones is 1. The molecule has 1 saturated carbocycles. The molecule has 1 spiro atoms. The Morgan fingerprint density at radius 1 is 1.10 bits per heavy atom. The molecule has 0 aromatic heterocycles. The number of methoxy groups -OCH3 is 4. The van der Waals surface area contributed by atoms with Crippen LogP contribution in [0.4, 0.5) is 0 Å². The molecule has 156 valence electrons. The zero-order chi connectivity index (χ0) is 20.8. The van der Waals surface area contributed by atoms with Crippen LogP contribution >= 0.6 is 0 Å². The molecule has 1 aromatic carbocycles. The van der Waals surface area contributed by atoms with Crippen LogP contribution in [0.3, 0.4) is 0 Å². The topological polar surface area (TPSA) is 83.5 Å². The Labute approximate surface area is 169 Å². The largest absolute Gasteiger partial charge is 0.493 e. The van der Waals surface area contributed by atoms with Gasteiger partial charge in [0.15, 0.2) is 23.4 Å². The Morgan fingerprint density at radius 2 is 1.86 bits per heavy atom. The summed E-state index contributed by atoms with van der Waals surface area (Å²) in [5.74, 6) is -0.505. The fourth-order valence-corrected chi connectivity index (χ4v) is 6.68. The first kappa shape index (κ1) is 18.8. The first-order valence-electron chi connectivity index (χ1n) is 9.68.